The van der Waals surface area contributed by atoms with Crippen LogP contribution in [0.5, 0.6) is 5.75 Å². The van der Waals surface area contributed by atoms with Crippen LogP contribution >= 0.6 is 0 Å². The summed E-state index contributed by atoms with van der Waals surface area (Å²) in [4.78, 5) is 2.50. The van der Waals surface area contributed by atoms with Crippen LogP contribution in [0.25, 0.3) is 10.9 Å². The lowest BCUT2D eigenvalue weighted by Gasteiger charge is -2.17. The Kier molecular flexibility index (Phi) is 4.09. The van der Waals surface area contributed by atoms with Gasteiger partial charge in [0, 0.05) is 36.7 Å². The second-order valence-electron chi connectivity index (χ2n) is 6.39. The summed E-state index contributed by atoms with van der Waals surface area (Å²) in [5.74, 6) is 0.911. The minimum absolute atomic E-state index is 0.493. The van der Waals surface area contributed by atoms with E-state index in [2.05, 4.69) is 50.7 Å². The van der Waals surface area contributed by atoms with Crippen LogP contribution in [0.3, 0.4) is 0 Å². The first kappa shape index (κ1) is 15.0. The van der Waals surface area contributed by atoms with E-state index in [-0.39, 0.29) is 0 Å². The zero-order chi connectivity index (χ0) is 16.4. The molecule has 2 aromatic carbocycles. The van der Waals surface area contributed by atoms with Crippen LogP contribution in [0.1, 0.15) is 12.0 Å². The summed E-state index contributed by atoms with van der Waals surface area (Å²) in [7, 11) is 1.70. The Hall–Kier alpha value is -2.53. The van der Waals surface area contributed by atoms with E-state index >= 15 is 0 Å². The largest absolute Gasteiger partial charge is 0.497 e. The Labute approximate surface area is 141 Å². The molecule has 2 heterocycles. The Morgan fingerprint density at radius 2 is 2.12 bits per heavy atom. The molecule has 0 unspecified atom stereocenters. The van der Waals surface area contributed by atoms with E-state index in [1.54, 1.807) is 7.11 Å². The topological polar surface area (TPSA) is 53.2 Å². The van der Waals surface area contributed by atoms with Crippen molar-refractivity contribution in [3.63, 3.8) is 0 Å². The average Bonchev–Trinajstić information content (AvgIpc) is 3.24. The van der Waals surface area contributed by atoms with Crippen LogP contribution < -0.4 is 10.1 Å². The van der Waals surface area contributed by atoms with Crippen molar-refractivity contribution in [1.82, 2.24) is 15.1 Å². The number of fused-ring (bicyclic) bond motifs is 1. The number of hydrogen-bond donors (Lipinski definition) is 2. The summed E-state index contributed by atoms with van der Waals surface area (Å²) in [5.41, 5.74) is 3.57. The molecule has 5 nitrogen and oxygen atoms in total. The minimum Gasteiger partial charge on any atom is -0.497 e. The SMILES string of the molecule is COc1ccc(CN2CC[C@@H](Nc3ccc4[nH]ncc4c3)C2)cc1. The van der Waals surface area contributed by atoms with E-state index in [0.29, 0.717) is 6.04 Å². The highest BCUT2D eigenvalue weighted by Gasteiger charge is 2.22. The van der Waals surface area contributed by atoms with Gasteiger partial charge in [0.15, 0.2) is 0 Å². The van der Waals surface area contributed by atoms with Crippen molar-refractivity contribution in [2.45, 2.75) is 19.0 Å². The number of anilines is 1. The number of aromatic nitrogens is 2. The third kappa shape index (κ3) is 3.21. The summed E-state index contributed by atoms with van der Waals surface area (Å²) in [6, 6.07) is 15.2. The number of nitrogens with one attached hydrogen (secondary N) is 2. The summed E-state index contributed by atoms with van der Waals surface area (Å²) < 4.78 is 5.22. The molecule has 5 heteroatoms. The first-order valence-electron chi connectivity index (χ1n) is 8.35. The molecule has 1 saturated heterocycles. The van der Waals surface area contributed by atoms with Gasteiger partial charge in [-0.25, -0.2) is 0 Å². The highest BCUT2D eigenvalue weighted by atomic mass is 16.5. The molecule has 0 bridgehead atoms. The van der Waals surface area contributed by atoms with Gasteiger partial charge in [0.1, 0.15) is 5.75 Å². The summed E-state index contributed by atoms with van der Waals surface area (Å²) >= 11 is 0. The molecule has 1 aliphatic rings. The number of hydrogen-bond acceptors (Lipinski definition) is 4. The first-order valence-corrected chi connectivity index (χ1v) is 8.35. The number of aromatic amines is 1. The fourth-order valence-corrected chi connectivity index (χ4v) is 3.35. The maximum Gasteiger partial charge on any atom is 0.118 e. The van der Waals surface area contributed by atoms with E-state index in [4.69, 9.17) is 4.74 Å². The predicted molar refractivity (Wildman–Crippen MR) is 96.4 cm³/mol. The van der Waals surface area contributed by atoms with Gasteiger partial charge < -0.3 is 10.1 Å². The number of H-pyrrole nitrogens is 1. The molecule has 1 fully saturated rings. The third-order valence-corrected chi connectivity index (χ3v) is 4.65. The van der Waals surface area contributed by atoms with Gasteiger partial charge in [-0.2, -0.15) is 5.10 Å². The van der Waals surface area contributed by atoms with Crippen molar-refractivity contribution in [3.05, 3.63) is 54.2 Å². The molecule has 4 rings (SSSR count). The Morgan fingerprint density at radius 1 is 1.25 bits per heavy atom. The van der Waals surface area contributed by atoms with Crippen LogP contribution in [0.4, 0.5) is 5.69 Å². The average molecular weight is 322 g/mol. The molecule has 0 radical (unpaired) electrons. The van der Waals surface area contributed by atoms with Crippen molar-refractivity contribution >= 4 is 16.6 Å². The molecule has 1 aromatic heterocycles. The van der Waals surface area contributed by atoms with Gasteiger partial charge in [-0.3, -0.25) is 10.00 Å². The summed E-state index contributed by atoms with van der Waals surface area (Å²) in [5, 5.41) is 11.9. The van der Waals surface area contributed by atoms with Crippen molar-refractivity contribution in [3.8, 4) is 5.75 Å². The van der Waals surface area contributed by atoms with Crippen molar-refractivity contribution in [2.75, 3.05) is 25.5 Å². The van der Waals surface area contributed by atoms with Gasteiger partial charge in [0.2, 0.25) is 0 Å². The van der Waals surface area contributed by atoms with Crippen molar-refractivity contribution < 1.29 is 4.74 Å². The number of nitrogens with zero attached hydrogens (tertiary/aromatic N) is 2. The lowest BCUT2D eigenvalue weighted by molar-refractivity contribution is 0.328. The van der Waals surface area contributed by atoms with Crippen molar-refractivity contribution in [2.24, 2.45) is 0 Å². The van der Waals surface area contributed by atoms with Gasteiger partial charge in [0.05, 0.1) is 18.8 Å². The molecule has 0 saturated carbocycles. The van der Waals surface area contributed by atoms with E-state index in [1.807, 2.05) is 18.3 Å². The Balaban J connectivity index is 1.35. The van der Waals surface area contributed by atoms with Crippen LogP contribution in [0.15, 0.2) is 48.7 Å². The van der Waals surface area contributed by atoms with Crippen LogP contribution in [-0.2, 0) is 6.54 Å². The van der Waals surface area contributed by atoms with Crippen LogP contribution in [0, 0.1) is 0 Å². The third-order valence-electron chi connectivity index (χ3n) is 4.65. The molecule has 3 aromatic rings. The van der Waals surface area contributed by atoms with Gasteiger partial charge in [-0.05, 0) is 42.3 Å². The summed E-state index contributed by atoms with van der Waals surface area (Å²) in [6.45, 7) is 3.18. The van der Waals surface area contributed by atoms with Gasteiger partial charge in [0.25, 0.3) is 0 Å². The molecule has 1 aliphatic heterocycles. The number of likely N-dealkylation sites (tertiary alicyclic amines) is 1. The normalized spacial score (nSPS) is 18.1. The number of ether oxygens (including phenoxy) is 1. The van der Waals surface area contributed by atoms with Gasteiger partial charge >= 0.3 is 0 Å². The van der Waals surface area contributed by atoms with E-state index in [0.717, 1.165) is 36.3 Å². The molecular weight excluding hydrogens is 300 g/mol. The Bertz CT molecular complexity index is 812. The maximum absolute atomic E-state index is 5.22. The van der Waals surface area contributed by atoms with Crippen LogP contribution in [-0.4, -0.2) is 41.3 Å². The first-order chi connectivity index (χ1) is 11.8. The fraction of sp³-hybridized carbons (Fsp3) is 0.316. The molecule has 0 spiro atoms. The zero-order valence-electron chi connectivity index (χ0n) is 13.8. The van der Waals surface area contributed by atoms with Gasteiger partial charge in [-0.1, -0.05) is 12.1 Å². The van der Waals surface area contributed by atoms with Crippen LogP contribution in [0.2, 0.25) is 0 Å². The smallest absolute Gasteiger partial charge is 0.118 e. The summed E-state index contributed by atoms with van der Waals surface area (Å²) in [6.07, 6.45) is 3.03. The second-order valence-corrected chi connectivity index (χ2v) is 6.39. The molecule has 2 N–H and O–H groups in total. The molecule has 1 atom stereocenters. The monoisotopic (exact) mass is 322 g/mol. The van der Waals surface area contributed by atoms with E-state index < -0.39 is 0 Å². The molecule has 0 aliphatic carbocycles. The van der Waals surface area contributed by atoms with E-state index in [1.165, 1.54) is 17.7 Å². The van der Waals surface area contributed by atoms with Gasteiger partial charge in [-0.15, -0.1) is 0 Å². The molecular formula is C19H22N4O. The predicted octanol–water partition coefficient (Wildman–Crippen LogP) is 3.26. The number of benzene rings is 2. The molecule has 124 valence electrons. The highest BCUT2D eigenvalue weighted by Crippen LogP contribution is 2.21. The molecule has 24 heavy (non-hydrogen) atoms. The number of methoxy groups -OCH3 is 1. The Morgan fingerprint density at radius 3 is 2.96 bits per heavy atom. The lowest BCUT2D eigenvalue weighted by atomic mass is 10.2. The maximum atomic E-state index is 5.22. The minimum atomic E-state index is 0.493. The standard InChI is InChI=1S/C19H22N4O/c1-24-18-5-2-14(3-6-18)12-23-9-8-17(13-23)21-16-4-7-19-15(10-16)11-20-22-19/h2-7,10-11,17,21H,8-9,12-13H2,1H3,(H,20,22)/t17-/m1/s1. The quantitative estimate of drug-likeness (QED) is 0.757. The number of rotatable bonds is 5. The molecule has 0 amide bonds. The van der Waals surface area contributed by atoms with E-state index in [9.17, 15) is 0 Å². The second kappa shape index (κ2) is 6.53. The fourth-order valence-electron chi connectivity index (χ4n) is 3.35. The van der Waals surface area contributed by atoms with Crippen molar-refractivity contribution in [1.29, 1.82) is 0 Å². The zero-order valence-corrected chi connectivity index (χ0v) is 13.8. The highest BCUT2D eigenvalue weighted by molar-refractivity contribution is 5.81. The lowest BCUT2D eigenvalue weighted by Crippen LogP contribution is -2.25.